The maximum Gasteiger partial charge on any atom is 0.241 e. The van der Waals surface area contributed by atoms with Crippen molar-refractivity contribution in [2.24, 2.45) is 0 Å². The molecule has 1 atom stereocenters. The van der Waals surface area contributed by atoms with Crippen molar-refractivity contribution >= 4 is 17.5 Å². The number of benzene rings is 1. The van der Waals surface area contributed by atoms with Crippen molar-refractivity contribution in [3.05, 3.63) is 30.3 Å². The lowest BCUT2D eigenvalue weighted by molar-refractivity contribution is -0.120. The lowest BCUT2D eigenvalue weighted by Gasteiger charge is -2.31. The van der Waals surface area contributed by atoms with Gasteiger partial charge in [-0.25, -0.2) is 0 Å². The minimum Gasteiger partial charge on any atom is -0.354 e. The van der Waals surface area contributed by atoms with Gasteiger partial charge in [0.1, 0.15) is 0 Å². The second-order valence-electron chi connectivity index (χ2n) is 5.99. The molecule has 0 aliphatic heterocycles. The second kappa shape index (κ2) is 7.94. The van der Waals surface area contributed by atoms with Crippen molar-refractivity contribution in [2.45, 2.75) is 57.7 Å². The molecule has 1 fully saturated rings. The van der Waals surface area contributed by atoms with Gasteiger partial charge in [-0.05, 0) is 44.7 Å². The molecular weight excluding hydrogens is 278 g/mol. The molecule has 0 aromatic heterocycles. The molecule has 0 radical (unpaired) electrons. The van der Waals surface area contributed by atoms with Crippen LogP contribution in [0, 0.1) is 0 Å². The maximum absolute atomic E-state index is 12.2. The molecule has 1 unspecified atom stereocenters. The van der Waals surface area contributed by atoms with Crippen LogP contribution in [-0.2, 0) is 9.59 Å². The van der Waals surface area contributed by atoms with Gasteiger partial charge in [-0.1, -0.05) is 18.2 Å². The number of para-hydroxylation sites is 1. The second-order valence-corrected chi connectivity index (χ2v) is 5.99. The van der Waals surface area contributed by atoms with E-state index in [4.69, 9.17) is 0 Å². The lowest BCUT2D eigenvalue weighted by Crippen LogP contribution is -2.47. The topological polar surface area (TPSA) is 70.2 Å². The van der Waals surface area contributed by atoms with E-state index in [-0.39, 0.29) is 23.9 Å². The van der Waals surface area contributed by atoms with Gasteiger partial charge in [0.2, 0.25) is 11.8 Å². The van der Waals surface area contributed by atoms with Crippen molar-refractivity contribution in [2.75, 3.05) is 5.32 Å². The van der Waals surface area contributed by atoms with Crippen LogP contribution >= 0.6 is 0 Å². The summed E-state index contributed by atoms with van der Waals surface area (Å²) in [7, 11) is 0. The average molecular weight is 303 g/mol. The quantitative estimate of drug-likeness (QED) is 0.779. The highest BCUT2D eigenvalue weighted by Gasteiger charge is 2.24. The largest absolute Gasteiger partial charge is 0.354 e. The standard InChI is InChI=1S/C17H25N3O2/c1-12(17(22)20-14-6-4-3-5-7-14)18-15-8-10-16(11-9-15)19-13(2)21/h3-7,12,15-16,18H,8-11H2,1-2H3,(H,19,21)(H,20,22). The molecule has 1 aliphatic carbocycles. The molecule has 0 saturated heterocycles. The van der Waals surface area contributed by atoms with Gasteiger partial charge >= 0.3 is 0 Å². The molecule has 1 aromatic rings. The van der Waals surface area contributed by atoms with Gasteiger partial charge < -0.3 is 16.0 Å². The van der Waals surface area contributed by atoms with Gasteiger partial charge in [0.15, 0.2) is 0 Å². The van der Waals surface area contributed by atoms with Crippen molar-refractivity contribution in [1.29, 1.82) is 0 Å². The zero-order valence-corrected chi connectivity index (χ0v) is 13.3. The third kappa shape index (κ3) is 5.15. The summed E-state index contributed by atoms with van der Waals surface area (Å²) in [6.45, 7) is 3.44. The highest BCUT2D eigenvalue weighted by molar-refractivity contribution is 5.94. The van der Waals surface area contributed by atoms with Crippen LogP contribution in [0.3, 0.4) is 0 Å². The fraction of sp³-hybridized carbons (Fsp3) is 0.529. The monoisotopic (exact) mass is 303 g/mol. The molecule has 0 bridgehead atoms. The number of nitrogens with one attached hydrogen (secondary N) is 3. The van der Waals surface area contributed by atoms with Crippen LogP contribution in [-0.4, -0.2) is 29.9 Å². The molecule has 2 rings (SSSR count). The van der Waals surface area contributed by atoms with Crippen molar-refractivity contribution < 1.29 is 9.59 Å². The minimum atomic E-state index is -0.234. The number of hydrogen-bond donors (Lipinski definition) is 3. The Bertz CT molecular complexity index is 496. The van der Waals surface area contributed by atoms with Crippen LogP contribution in [0.1, 0.15) is 39.5 Å². The number of carbonyl (C=O) groups excluding carboxylic acids is 2. The van der Waals surface area contributed by atoms with Crippen LogP contribution in [0.15, 0.2) is 30.3 Å². The van der Waals surface area contributed by atoms with E-state index in [0.29, 0.717) is 6.04 Å². The molecule has 120 valence electrons. The van der Waals surface area contributed by atoms with Gasteiger partial charge in [0, 0.05) is 24.7 Å². The van der Waals surface area contributed by atoms with Gasteiger partial charge in [-0.2, -0.15) is 0 Å². The van der Waals surface area contributed by atoms with E-state index in [9.17, 15) is 9.59 Å². The summed E-state index contributed by atoms with van der Waals surface area (Å²) >= 11 is 0. The molecule has 1 aromatic carbocycles. The van der Waals surface area contributed by atoms with E-state index < -0.39 is 0 Å². The predicted octanol–water partition coefficient (Wildman–Crippen LogP) is 2.05. The van der Waals surface area contributed by atoms with Crippen LogP contribution in [0.2, 0.25) is 0 Å². The minimum absolute atomic E-state index is 0.0183. The Labute approximate surface area is 131 Å². The lowest BCUT2D eigenvalue weighted by atomic mass is 9.90. The molecule has 22 heavy (non-hydrogen) atoms. The SMILES string of the molecule is CC(=O)NC1CCC(NC(C)C(=O)Nc2ccccc2)CC1. The Kier molecular flexibility index (Phi) is 5.95. The molecule has 3 N–H and O–H groups in total. The Morgan fingerprint density at radius 1 is 1.05 bits per heavy atom. The maximum atomic E-state index is 12.2. The van der Waals surface area contributed by atoms with E-state index in [1.807, 2.05) is 37.3 Å². The van der Waals surface area contributed by atoms with Gasteiger partial charge in [0.25, 0.3) is 0 Å². The van der Waals surface area contributed by atoms with Gasteiger partial charge in [-0.15, -0.1) is 0 Å². The first-order valence-electron chi connectivity index (χ1n) is 7.93. The van der Waals surface area contributed by atoms with Crippen molar-refractivity contribution in [3.8, 4) is 0 Å². The normalized spacial score (nSPS) is 22.6. The molecular formula is C17H25N3O2. The molecule has 0 heterocycles. The first-order valence-corrected chi connectivity index (χ1v) is 7.93. The Balaban J connectivity index is 1.74. The summed E-state index contributed by atoms with van der Waals surface area (Å²) < 4.78 is 0. The van der Waals surface area contributed by atoms with Crippen LogP contribution < -0.4 is 16.0 Å². The number of hydrogen-bond acceptors (Lipinski definition) is 3. The summed E-state index contributed by atoms with van der Waals surface area (Å²) in [5.74, 6) is 0.0159. The Morgan fingerprint density at radius 2 is 1.64 bits per heavy atom. The Hall–Kier alpha value is -1.88. The van der Waals surface area contributed by atoms with E-state index in [0.717, 1.165) is 31.4 Å². The number of carbonyl (C=O) groups is 2. The van der Waals surface area contributed by atoms with Gasteiger partial charge in [-0.3, -0.25) is 9.59 Å². The third-order valence-corrected chi connectivity index (χ3v) is 4.05. The molecule has 5 nitrogen and oxygen atoms in total. The fourth-order valence-corrected chi connectivity index (χ4v) is 2.89. The number of anilines is 1. The fourth-order valence-electron chi connectivity index (χ4n) is 2.89. The summed E-state index contributed by atoms with van der Waals surface area (Å²) in [4.78, 5) is 23.2. The van der Waals surface area contributed by atoms with E-state index in [1.54, 1.807) is 6.92 Å². The summed E-state index contributed by atoms with van der Waals surface area (Å²) in [6, 6.07) is 9.86. The van der Waals surface area contributed by atoms with Gasteiger partial charge in [0.05, 0.1) is 6.04 Å². The zero-order valence-electron chi connectivity index (χ0n) is 13.3. The van der Waals surface area contributed by atoms with E-state index in [1.165, 1.54) is 0 Å². The number of amides is 2. The first kappa shape index (κ1) is 16.5. The number of rotatable bonds is 5. The summed E-state index contributed by atoms with van der Waals surface area (Å²) in [5.41, 5.74) is 0.815. The average Bonchev–Trinajstić information content (AvgIpc) is 2.49. The molecule has 5 heteroatoms. The summed E-state index contributed by atoms with van der Waals surface area (Å²) in [6.07, 6.45) is 3.89. The van der Waals surface area contributed by atoms with Crippen LogP contribution in [0.5, 0.6) is 0 Å². The van der Waals surface area contributed by atoms with Crippen molar-refractivity contribution in [1.82, 2.24) is 10.6 Å². The summed E-state index contributed by atoms with van der Waals surface area (Å²) in [5, 5.41) is 9.26. The molecule has 1 aliphatic rings. The third-order valence-electron chi connectivity index (χ3n) is 4.05. The van der Waals surface area contributed by atoms with E-state index in [2.05, 4.69) is 16.0 Å². The van der Waals surface area contributed by atoms with Crippen LogP contribution in [0.25, 0.3) is 0 Å². The predicted molar refractivity (Wildman–Crippen MR) is 87.5 cm³/mol. The van der Waals surface area contributed by atoms with Crippen molar-refractivity contribution in [3.63, 3.8) is 0 Å². The molecule has 1 saturated carbocycles. The molecule has 0 spiro atoms. The van der Waals surface area contributed by atoms with Crippen LogP contribution in [0.4, 0.5) is 5.69 Å². The Morgan fingerprint density at radius 3 is 2.23 bits per heavy atom. The highest BCUT2D eigenvalue weighted by Crippen LogP contribution is 2.19. The smallest absolute Gasteiger partial charge is 0.241 e. The first-order chi connectivity index (χ1) is 10.5. The zero-order chi connectivity index (χ0) is 15.9. The molecule has 2 amide bonds. The highest BCUT2D eigenvalue weighted by atomic mass is 16.2. The van der Waals surface area contributed by atoms with E-state index >= 15 is 0 Å².